The number of H-pyrrole nitrogens is 1. The van der Waals surface area contributed by atoms with Crippen LogP contribution in [0.15, 0.2) is 11.1 Å². The summed E-state index contributed by atoms with van der Waals surface area (Å²) in [6.07, 6.45) is -3.21. The summed E-state index contributed by atoms with van der Waals surface area (Å²) in [6.45, 7) is -0.447. The van der Waals surface area contributed by atoms with Crippen LogP contribution in [0.1, 0.15) is 6.23 Å². The van der Waals surface area contributed by atoms with Crippen LogP contribution in [0.25, 0.3) is 11.2 Å². The van der Waals surface area contributed by atoms with Crippen LogP contribution in [-0.2, 0) is 4.74 Å². The van der Waals surface area contributed by atoms with Gasteiger partial charge in [0, 0.05) is 0 Å². The van der Waals surface area contributed by atoms with Crippen LogP contribution in [0.5, 0.6) is 0 Å². The van der Waals surface area contributed by atoms with Crippen LogP contribution in [-0.4, -0.2) is 59.8 Å². The molecule has 2 aromatic heterocycles. The first-order valence-corrected chi connectivity index (χ1v) is 5.87. The van der Waals surface area contributed by atoms with Crippen LogP contribution in [0, 0.1) is 0 Å². The Morgan fingerprint density at radius 1 is 1.43 bits per heavy atom. The molecule has 21 heavy (non-hydrogen) atoms. The van der Waals surface area contributed by atoms with Gasteiger partial charge in [0.05, 0.1) is 12.9 Å². The lowest BCUT2D eigenvalue weighted by Gasteiger charge is -2.16. The van der Waals surface area contributed by atoms with E-state index in [9.17, 15) is 15.0 Å². The average Bonchev–Trinajstić information content (AvgIpc) is 2.93. The van der Waals surface area contributed by atoms with Crippen molar-refractivity contribution in [2.24, 2.45) is 0 Å². The highest BCUT2D eigenvalue weighted by Gasteiger charge is 2.44. The number of aliphatic hydroxyl groups is 3. The number of aromatic nitrogens is 4. The zero-order valence-corrected chi connectivity index (χ0v) is 10.6. The SMILES string of the molecule is F.Nc1nc2c(ncn2[C@@H]2O[C@H](CO)[C@@H](O)[C@H]2O)c(=O)[nH]1. The van der Waals surface area contributed by atoms with Crippen LogP contribution >= 0.6 is 0 Å². The van der Waals surface area contributed by atoms with E-state index in [4.69, 9.17) is 15.6 Å². The zero-order chi connectivity index (χ0) is 14.4. The molecular weight excluding hydrogens is 289 g/mol. The van der Waals surface area contributed by atoms with E-state index in [1.165, 1.54) is 10.9 Å². The summed E-state index contributed by atoms with van der Waals surface area (Å²) < 4.78 is 6.64. The Morgan fingerprint density at radius 3 is 2.76 bits per heavy atom. The predicted molar refractivity (Wildman–Crippen MR) is 68.1 cm³/mol. The van der Waals surface area contributed by atoms with Gasteiger partial charge in [-0.3, -0.25) is 19.1 Å². The fourth-order valence-corrected chi connectivity index (χ4v) is 2.24. The zero-order valence-electron chi connectivity index (χ0n) is 10.6. The number of nitrogens with one attached hydrogen (secondary N) is 1. The largest absolute Gasteiger partial charge is 0.394 e. The molecule has 2 aromatic rings. The Labute approximate surface area is 116 Å². The molecule has 1 aliphatic heterocycles. The highest BCUT2D eigenvalue weighted by molar-refractivity contribution is 5.70. The minimum absolute atomic E-state index is 0. The lowest BCUT2D eigenvalue weighted by Crippen LogP contribution is -2.33. The lowest BCUT2D eigenvalue weighted by atomic mass is 10.1. The van der Waals surface area contributed by atoms with E-state index in [-0.39, 0.29) is 21.8 Å². The number of anilines is 1. The predicted octanol–water partition coefficient (Wildman–Crippen LogP) is -2.53. The van der Waals surface area contributed by atoms with Gasteiger partial charge < -0.3 is 25.8 Å². The highest BCUT2D eigenvalue weighted by atomic mass is 19.0. The van der Waals surface area contributed by atoms with E-state index in [1.807, 2.05) is 0 Å². The third kappa shape index (κ3) is 2.25. The minimum atomic E-state index is -1.29. The second kappa shape index (κ2) is 5.37. The molecule has 3 heterocycles. The molecule has 3 rings (SSSR count). The molecule has 0 unspecified atom stereocenters. The molecule has 4 atom stereocenters. The second-order valence-corrected chi connectivity index (χ2v) is 4.50. The molecule has 0 aliphatic carbocycles. The van der Waals surface area contributed by atoms with Crippen molar-refractivity contribution < 1.29 is 24.8 Å². The molecule has 1 aliphatic rings. The summed E-state index contributed by atoms with van der Waals surface area (Å²) in [5.41, 5.74) is 5.12. The summed E-state index contributed by atoms with van der Waals surface area (Å²) in [5.74, 6) is -0.101. The van der Waals surface area contributed by atoms with Gasteiger partial charge in [-0.25, -0.2) is 4.98 Å². The van der Waals surface area contributed by atoms with Crippen LogP contribution in [0.2, 0.25) is 0 Å². The van der Waals surface area contributed by atoms with E-state index in [1.54, 1.807) is 0 Å². The van der Waals surface area contributed by atoms with Crippen molar-refractivity contribution in [3.8, 4) is 0 Å². The van der Waals surface area contributed by atoms with Gasteiger partial charge in [-0.2, -0.15) is 4.98 Å². The van der Waals surface area contributed by atoms with E-state index in [0.717, 1.165) is 0 Å². The number of hydrogen-bond acceptors (Lipinski definition) is 8. The topological polar surface area (TPSA) is 160 Å². The maximum Gasteiger partial charge on any atom is 0.280 e. The molecule has 0 spiro atoms. The Balaban J connectivity index is 0.00000161. The maximum atomic E-state index is 11.7. The summed E-state index contributed by atoms with van der Waals surface area (Å²) >= 11 is 0. The van der Waals surface area contributed by atoms with Gasteiger partial charge in [0.25, 0.3) is 5.56 Å². The molecular formula is C10H14FN5O5. The first-order chi connectivity index (χ1) is 9.52. The molecule has 6 N–H and O–H groups in total. The molecule has 11 heteroatoms. The molecule has 0 aromatic carbocycles. The molecule has 0 bridgehead atoms. The van der Waals surface area contributed by atoms with Crippen LogP contribution < -0.4 is 11.3 Å². The fraction of sp³-hybridized carbons (Fsp3) is 0.500. The highest BCUT2D eigenvalue weighted by Crippen LogP contribution is 2.30. The van der Waals surface area contributed by atoms with Gasteiger partial charge >= 0.3 is 0 Å². The average molecular weight is 303 g/mol. The number of hydrogen-bond donors (Lipinski definition) is 5. The van der Waals surface area contributed by atoms with Crippen molar-refractivity contribution in [1.82, 2.24) is 19.5 Å². The molecule has 10 nitrogen and oxygen atoms in total. The van der Waals surface area contributed by atoms with Gasteiger partial charge in [-0.05, 0) is 0 Å². The lowest BCUT2D eigenvalue weighted by molar-refractivity contribution is -0.0511. The van der Waals surface area contributed by atoms with E-state index < -0.39 is 36.7 Å². The van der Waals surface area contributed by atoms with Gasteiger partial charge in [0.1, 0.15) is 18.3 Å². The number of imidazole rings is 1. The van der Waals surface area contributed by atoms with Gasteiger partial charge in [-0.15, -0.1) is 0 Å². The number of halogens is 1. The molecule has 1 fully saturated rings. The summed E-state index contributed by atoms with van der Waals surface area (Å²) in [6, 6.07) is 0. The Hall–Kier alpha value is -2.08. The Kier molecular flexibility index (Phi) is 3.91. The number of nitrogen functional groups attached to an aromatic ring is 1. The Bertz CT molecular complexity index is 703. The van der Waals surface area contributed by atoms with Crippen molar-refractivity contribution in [1.29, 1.82) is 0 Å². The Morgan fingerprint density at radius 2 is 2.14 bits per heavy atom. The standard InChI is InChI=1S/C10H13N5O5.FH/c11-10-13-7-4(8(19)14-10)12-2-15(7)9-6(18)5(17)3(1-16)20-9;/h2-3,5-6,9,16-18H,1H2,(H3,11,13,14,19);1H/t3-,5-,6-,9-;/m1./s1. The number of rotatable bonds is 2. The molecule has 0 radical (unpaired) electrons. The fourth-order valence-electron chi connectivity index (χ4n) is 2.24. The minimum Gasteiger partial charge on any atom is -0.394 e. The third-order valence-electron chi connectivity index (χ3n) is 3.24. The number of nitrogens with two attached hydrogens (primary N) is 1. The van der Waals surface area contributed by atoms with Gasteiger partial charge in [0.15, 0.2) is 17.4 Å². The number of nitrogens with zero attached hydrogens (tertiary/aromatic N) is 3. The third-order valence-corrected chi connectivity index (χ3v) is 3.24. The summed E-state index contributed by atoms with van der Waals surface area (Å²) in [4.78, 5) is 21.8. The van der Waals surface area contributed by atoms with E-state index in [0.29, 0.717) is 0 Å². The van der Waals surface area contributed by atoms with Crippen molar-refractivity contribution in [3.63, 3.8) is 0 Å². The number of ether oxygens (including phenoxy) is 1. The van der Waals surface area contributed by atoms with E-state index in [2.05, 4.69) is 15.0 Å². The van der Waals surface area contributed by atoms with Gasteiger partial charge in [0.2, 0.25) is 5.95 Å². The first kappa shape index (κ1) is 15.3. The quantitative estimate of drug-likeness (QED) is 0.406. The molecule has 0 amide bonds. The number of aromatic amines is 1. The monoisotopic (exact) mass is 303 g/mol. The smallest absolute Gasteiger partial charge is 0.280 e. The number of aliphatic hydroxyl groups excluding tert-OH is 3. The summed E-state index contributed by atoms with van der Waals surface area (Å²) in [5, 5.41) is 28.7. The van der Waals surface area contributed by atoms with Crippen LogP contribution in [0.3, 0.4) is 0 Å². The second-order valence-electron chi connectivity index (χ2n) is 4.50. The van der Waals surface area contributed by atoms with Crippen LogP contribution in [0.4, 0.5) is 10.7 Å². The van der Waals surface area contributed by atoms with Gasteiger partial charge in [-0.1, -0.05) is 0 Å². The van der Waals surface area contributed by atoms with Crippen molar-refractivity contribution in [3.05, 3.63) is 16.7 Å². The normalized spacial score (nSPS) is 28.7. The molecule has 1 saturated heterocycles. The summed E-state index contributed by atoms with van der Waals surface area (Å²) in [7, 11) is 0. The maximum absolute atomic E-state index is 11.7. The van der Waals surface area contributed by atoms with Crippen molar-refractivity contribution in [2.45, 2.75) is 24.5 Å². The first-order valence-electron chi connectivity index (χ1n) is 5.87. The molecule has 0 saturated carbocycles. The van der Waals surface area contributed by atoms with Crippen molar-refractivity contribution in [2.75, 3.05) is 12.3 Å². The van der Waals surface area contributed by atoms with E-state index >= 15 is 0 Å². The molecule has 116 valence electrons. The number of fused-ring (bicyclic) bond motifs is 1. The van der Waals surface area contributed by atoms with Crippen molar-refractivity contribution >= 4 is 17.1 Å².